The molecule has 0 bridgehead atoms. The predicted octanol–water partition coefficient (Wildman–Crippen LogP) is 19.6. The van der Waals surface area contributed by atoms with Crippen LogP contribution in [0.5, 0.6) is 0 Å². The molecule has 69 heavy (non-hydrogen) atoms. The lowest BCUT2D eigenvalue weighted by Gasteiger charge is -2.20. The van der Waals surface area contributed by atoms with Crippen LogP contribution < -0.4 is 5.32 Å². The van der Waals surface area contributed by atoms with Crippen LogP contribution in [0.15, 0.2) is 122 Å². The summed E-state index contributed by atoms with van der Waals surface area (Å²) in [7, 11) is 0. The minimum atomic E-state index is -0.845. The number of hydrogen-bond acceptors (Lipinski definition) is 3. The lowest BCUT2D eigenvalue weighted by atomic mass is 10.0. The van der Waals surface area contributed by atoms with E-state index in [9.17, 15) is 15.0 Å². The average Bonchev–Trinajstić information content (AvgIpc) is 3.35. The van der Waals surface area contributed by atoms with Crippen molar-refractivity contribution in [1.29, 1.82) is 0 Å². The number of unbranched alkanes of at least 4 members (excludes halogenated alkanes) is 27. The molecule has 3 N–H and O–H groups in total. The third-order valence-electron chi connectivity index (χ3n) is 12.7. The van der Waals surface area contributed by atoms with Crippen LogP contribution in [0.4, 0.5) is 0 Å². The fourth-order valence-corrected chi connectivity index (χ4v) is 8.29. The second-order valence-corrected chi connectivity index (χ2v) is 19.3. The first kappa shape index (κ1) is 65.8. The predicted molar refractivity (Wildman–Crippen MR) is 308 cm³/mol. The Balaban J connectivity index is 3.56. The minimum absolute atomic E-state index is 0.0684. The zero-order valence-corrected chi connectivity index (χ0v) is 45.3. The van der Waals surface area contributed by atoms with Crippen LogP contribution in [-0.4, -0.2) is 34.9 Å². The van der Waals surface area contributed by atoms with Crippen molar-refractivity contribution in [3.05, 3.63) is 122 Å². The number of allylic oxidation sites excluding steroid dienone is 19. The van der Waals surface area contributed by atoms with Gasteiger partial charge < -0.3 is 15.5 Å². The van der Waals surface area contributed by atoms with Crippen molar-refractivity contribution in [1.82, 2.24) is 5.32 Å². The van der Waals surface area contributed by atoms with Crippen LogP contribution >= 0.6 is 0 Å². The highest BCUT2D eigenvalue weighted by atomic mass is 16.3. The Labute approximate surface area is 428 Å². The molecule has 2 unspecified atom stereocenters. The number of amides is 1. The molecule has 0 fully saturated rings. The first-order chi connectivity index (χ1) is 34.2. The Morgan fingerprint density at radius 1 is 0.362 bits per heavy atom. The van der Waals surface area contributed by atoms with Crippen molar-refractivity contribution < 1.29 is 15.0 Å². The van der Waals surface area contributed by atoms with E-state index in [-0.39, 0.29) is 12.5 Å². The zero-order valence-electron chi connectivity index (χ0n) is 45.3. The van der Waals surface area contributed by atoms with Crippen molar-refractivity contribution in [3.8, 4) is 0 Å². The number of rotatable bonds is 52. The van der Waals surface area contributed by atoms with E-state index in [4.69, 9.17) is 0 Å². The SMILES string of the molecule is CC/C=C\C/C=C\C/C=C\C/C=C\C/C=C\C/C=C\C/C=C\C/C=C\C/C=C\CCCCCCCCCCCCCCCC(=O)NC(CO)C(O)/C=C/CCCCCCCCCCCCCCCC. The number of carbonyl (C=O) groups is 1. The molecule has 394 valence electrons. The third-order valence-corrected chi connectivity index (χ3v) is 12.7. The van der Waals surface area contributed by atoms with Gasteiger partial charge in [-0.1, -0.05) is 289 Å². The maximum atomic E-state index is 12.5. The van der Waals surface area contributed by atoms with Crippen LogP contribution in [0.2, 0.25) is 0 Å². The molecule has 0 aromatic rings. The minimum Gasteiger partial charge on any atom is -0.394 e. The van der Waals surface area contributed by atoms with Crippen LogP contribution in [0.1, 0.15) is 264 Å². The highest BCUT2D eigenvalue weighted by Crippen LogP contribution is 2.16. The second kappa shape index (κ2) is 59.1. The molecule has 4 heteroatoms. The molecule has 0 saturated carbocycles. The lowest BCUT2D eigenvalue weighted by Crippen LogP contribution is -2.45. The van der Waals surface area contributed by atoms with E-state index in [0.29, 0.717) is 6.42 Å². The van der Waals surface area contributed by atoms with Crippen molar-refractivity contribution in [3.63, 3.8) is 0 Å². The van der Waals surface area contributed by atoms with E-state index in [1.165, 1.54) is 161 Å². The summed E-state index contributed by atoms with van der Waals surface area (Å²) in [6.45, 7) is 4.20. The maximum absolute atomic E-state index is 12.5. The quantitative estimate of drug-likeness (QED) is 0.0420. The summed E-state index contributed by atoms with van der Waals surface area (Å²) in [5, 5.41) is 23.1. The van der Waals surface area contributed by atoms with Gasteiger partial charge in [0.1, 0.15) is 0 Å². The standard InChI is InChI=1S/C65H111NO3/c1-3-5-7-9-11-13-15-17-19-21-22-23-24-25-26-27-28-29-30-31-32-33-34-35-36-37-38-39-40-41-42-43-44-45-47-49-51-53-55-57-59-61-65(69)66-63(62-67)64(68)60-58-56-54-52-50-48-46-20-18-16-14-12-10-8-6-4-2/h5,7,11,13,17,19,22-23,25-26,28-29,31-32,34-35,37-38,58,60,63-64,67-68H,3-4,6,8-10,12,14-16,18,20-21,24,27,30,33,36,39-57,59,61-62H2,1-2H3,(H,66,69)/b7-5-,13-11-,19-17-,23-22-,26-25-,29-28-,32-31-,35-34-,38-37-,60-58+. The van der Waals surface area contributed by atoms with E-state index >= 15 is 0 Å². The molecule has 0 saturated heterocycles. The van der Waals surface area contributed by atoms with Gasteiger partial charge in [0, 0.05) is 6.42 Å². The molecule has 4 nitrogen and oxygen atoms in total. The molecular weight excluding hydrogens is 843 g/mol. The number of nitrogens with one attached hydrogen (secondary N) is 1. The fourth-order valence-electron chi connectivity index (χ4n) is 8.29. The average molecular weight is 955 g/mol. The lowest BCUT2D eigenvalue weighted by molar-refractivity contribution is -0.123. The van der Waals surface area contributed by atoms with E-state index in [0.717, 1.165) is 83.5 Å². The molecule has 0 aliphatic rings. The first-order valence-electron chi connectivity index (χ1n) is 29.2. The van der Waals surface area contributed by atoms with E-state index < -0.39 is 12.1 Å². The number of hydrogen-bond donors (Lipinski definition) is 3. The number of aliphatic hydroxyl groups is 2. The third kappa shape index (κ3) is 55.6. The van der Waals surface area contributed by atoms with Gasteiger partial charge in [-0.05, 0) is 89.9 Å². The Hall–Kier alpha value is -3.21. The summed E-state index contributed by atoms with van der Waals surface area (Å²) in [6.07, 6.45) is 90.7. The smallest absolute Gasteiger partial charge is 0.220 e. The Kier molecular flexibility index (Phi) is 56.4. The normalized spacial score (nSPS) is 13.7. The molecule has 0 aliphatic heterocycles. The van der Waals surface area contributed by atoms with Gasteiger partial charge in [0.15, 0.2) is 0 Å². The Morgan fingerprint density at radius 3 is 0.957 bits per heavy atom. The van der Waals surface area contributed by atoms with Crippen LogP contribution in [0.3, 0.4) is 0 Å². The summed E-state index contributed by atoms with van der Waals surface area (Å²) in [5.74, 6) is -0.0684. The maximum Gasteiger partial charge on any atom is 0.220 e. The van der Waals surface area contributed by atoms with Gasteiger partial charge in [-0.25, -0.2) is 0 Å². The van der Waals surface area contributed by atoms with Crippen molar-refractivity contribution in [2.45, 2.75) is 276 Å². The molecule has 1 amide bonds. The van der Waals surface area contributed by atoms with Gasteiger partial charge in [-0.2, -0.15) is 0 Å². The van der Waals surface area contributed by atoms with Gasteiger partial charge in [0.05, 0.1) is 18.8 Å². The van der Waals surface area contributed by atoms with Crippen molar-refractivity contribution in [2.75, 3.05) is 6.61 Å². The van der Waals surface area contributed by atoms with Crippen LogP contribution in [0, 0.1) is 0 Å². The van der Waals surface area contributed by atoms with Gasteiger partial charge in [-0.15, -0.1) is 0 Å². The van der Waals surface area contributed by atoms with E-state index in [1.807, 2.05) is 6.08 Å². The fraction of sp³-hybridized carbons (Fsp3) is 0.677. The summed E-state index contributed by atoms with van der Waals surface area (Å²) < 4.78 is 0. The summed E-state index contributed by atoms with van der Waals surface area (Å²) >= 11 is 0. The van der Waals surface area contributed by atoms with Gasteiger partial charge >= 0.3 is 0 Å². The van der Waals surface area contributed by atoms with Gasteiger partial charge in [-0.3, -0.25) is 4.79 Å². The topological polar surface area (TPSA) is 69.6 Å². The summed E-state index contributed by atoms with van der Waals surface area (Å²) in [4.78, 5) is 12.5. The largest absolute Gasteiger partial charge is 0.394 e. The first-order valence-corrected chi connectivity index (χ1v) is 29.2. The van der Waals surface area contributed by atoms with E-state index in [1.54, 1.807) is 6.08 Å². The molecule has 2 atom stereocenters. The Morgan fingerprint density at radius 2 is 0.638 bits per heavy atom. The highest BCUT2D eigenvalue weighted by Gasteiger charge is 2.18. The monoisotopic (exact) mass is 954 g/mol. The summed E-state index contributed by atoms with van der Waals surface area (Å²) in [5.41, 5.74) is 0. The van der Waals surface area contributed by atoms with E-state index in [2.05, 4.69) is 129 Å². The van der Waals surface area contributed by atoms with Crippen LogP contribution in [0.25, 0.3) is 0 Å². The molecule has 0 radical (unpaired) electrons. The summed E-state index contributed by atoms with van der Waals surface area (Å²) in [6, 6.07) is -0.629. The second-order valence-electron chi connectivity index (χ2n) is 19.3. The Bertz CT molecular complexity index is 1360. The molecular formula is C65H111NO3. The molecule has 0 aliphatic carbocycles. The zero-order chi connectivity index (χ0) is 49.9. The molecule has 0 heterocycles. The molecule has 0 spiro atoms. The van der Waals surface area contributed by atoms with Crippen LogP contribution in [-0.2, 0) is 4.79 Å². The number of aliphatic hydroxyl groups excluding tert-OH is 2. The van der Waals surface area contributed by atoms with Gasteiger partial charge in [0.2, 0.25) is 5.91 Å². The molecule has 0 aromatic heterocycles. The van der Waals surface area contributed by atoms with Gasteiger partial charge in [0.25, 0.3) is 0 Å². The van der Waals surface area contributed by atoms with Crippen molar-refractivity contribution in [2.24, 2.45) is 0 Å². The molecule has 0 rings (SSSR count). The molecule has 0 aromatic carbocycles. The number of carbonyl (C=O) groups excluding carboxylic acids is 1. The van der Waals surface area contributed by atoms with Crippen molar-refractivity contribution >= 4 is 5.91 Å². The highest BCUT2D eigenvalue weighted by molar-refractivity contribution is 5.76.